The quantitative estimate of drug-likeness (QED) is 0.803. The zero-order valence-electron chi connectivity index (χ0n) is 10.9. The van der Waals surface area contributed by atoms with E-state index in [0.29, 0.717) is 32.4 Å². The fourth-order valence-corrected chi connectivity index (χ4v) is 2.49. The Morgan fingerprint density at radius 3 is 2.24 bits per heavy atom. The Morgan fingerprint density at radius 1 is 1.24 bits per heavy atom. The number of piperidine rings is 1. The Balaban J connectivity index is 2.61. The SMILES string of the molecule is CCCCC1(C(=O)O)CCN(C(=O)CC)CC1. The summed E-state index contributed by atoms with van der Waals surface area (Å²) in [5, 5.41) is 9.39. The van der Waals surface area contributed by atoms with Crippen molar-refractivity contribution in [1.82, 2.24) is 4.90 Å². The largest absolute Gasteiger partial charge is 0.481 e. The van der Waals surface area contributed by atoms with Crippen molar-refractivity contribution >= 4 is 11.9 Å². The van der Waals surface area contributed by atoms with Crippen LogP contribution >= 0.6 is 0 Å². The third kappa shape index (κ3) is 3.20. The number of likely N-dealkylation sites (tertiary alicyclic amines) is 1. The molecule has 0 spiro atoms. The summed E-state index contributed by atoms with van der Waals surface area (Å²) in [6, 6.07) is 0. The first-order valence-electron chi connectivity index (χ1n) is 6.57. The first-order chi connectivity index (χ1) is 8.05. The van der Waals surface area contributed by atoms with Crippen LogP contribution in [0.5, 0.6) is 0 Å². The van der Waals surface area contributed by atoms with E-state index in [1.807, 2.05) is 6.92 Å². The Hall–Kier alpha value is -1.06. The number of hydrogen-bond donors (Lipinski definition) is 1. The molecule has 0 aliphatic carbocycles. The number of amides is 1. The molecule has 1 aliphatic heterocycles. The van der Waals surface area contributed by atoms with E-state index < -0.39 is 11.4 Å². The second-order valence-corrected chi connectivity index (χ2v) is 4.92. The Morgan fingerprint density at radius 2 is 1.82 bits per heavy atom. The standard InChI is InChI=1S/C13H23NO3/c1-3-5-6-13(12(16)17)7-9-14(10-8-13)11(15)4-2/h3-10H2,1-2H3,(H,16,17). The highest BCUT2D eigenvalue weighted by atomic mass is 16.4. The van der Waals surface area contributed by atoms with Crippen LogP contribution in [0.25, 0.3) is 0 Å². The Kier molecular flexibility index (Phi) is 4.97. The number of carbonyl (C=O) groups excluding carboxylic acids is 1. The van der Waals surface area contributed by atoms with Crippen molar-refractivity contribution < 1.29 is 14.7 Å². The molecule has 0 aromatic carbocycles. The van der Waals surface area contributed by atoms with Gasteiger partial charge in [-0.15, -0.1) is 0 Å². The summed E-state index contributed by atoms with van der Waals surface area (Å²) in [6.45, 7) is 5.12. The van der Waals surface area contributed by atoms with Crippen molar-refractivity contribution in [2.75, 3.05) is 13.1 Å². The lowest BCUT2D eigenvalue weighted by atomic mass is 9.74. The van der Waals surface area contributed by atoms with Crippen LogP contribution in [0.3, 0.4) is 0 Å². The minimum absolute atomic E-state index is 0.138. The van der Waals surface area contributed by atoms with Gasteiger partial charge in [-0.25, -0.2) is 0 Å². The third-order valence-corrected chi connectivity index (χ3v) is 3.84. The first kappa shape index (κ1) is 14.0. The molecule has 4 heteroatoms. The predicted molar refractivity (Wildman–Crippen MR) is 65.7 cm³/mol. The van der Waals surface area contributed by atoms with Gasteiger partial charge in [-0.2, -0.15) is 0 Å². The number of rotatable bonds is 5. The van der Waals surface area contributed by atoms with Crippen LogP contribution in [0.4, 0.5) is 0 Å². The zero-order chi connectivity index (χ0) is 12.9. The molecular weight excluding hydrogens is 218 g/mol. The zero-order valence-corrected chi connectivity index (χ0v) is 10.9. The first-order valence-corrected chi connectivity index (χ1v) is 6.57. The van der Waals surface area contributed by atoms with E-state index in [-0.39, 0.29) is 5.91 Å². The molecule has 0 unspecified atom stereocenters. The maximum absolute atomic E-state index is 11.5. The molecule has 0 saturated carbocycles. The minimum Gasteiger partial charge on any atom is -0.481 e. The summed E-state index contributed by atoms with van der Waals surface area (Å²) in [7, 11) is 0. The lowest BCUT2D eigenvalue weighted by Gasteiger charge is -2.39. The molecule has 1 N–H and O–H groups in total. The lowest BCUT2D eigenvalue weighted by molar-refractivity contribution is -0.155. The molecule has 4 nitrogen and oxygen atoms in total. The fraction of sp³-hybridized carbons (Fsp3) is 0.846. The maximum Gasteiger partial charge on any atom is 0.309 e. The van der Waals surface area contributed by atoms with Crippen LogP contribution in [0.1, 0.15) is 52.4 Å². The molecule has 0 bridgehead atoms. The molecule has 1 amide bonds. The van der Waals surface area contributed by atoms with Crippen molar-refractivity contribution in [2.24, 2.45) is 5.41 Å². The topological polar surface area (TPSA) is 57.6 Å². The van der Waals surface area contributed by atoms with Crippen LogP contribution in [-0.4, -0.2) is 35.0 Å². The average molecular weight is 241 g/mol. The van der Waals surface area contributed by atoms with Gasteiger partial charge in [0.05, 0.1) is 5.41 Å². The number of aliphatic carboxylic acids is 1. The maximum atomic E-state index is 11.5. The van der Waals surface area contributed by atoms with E-state index in [2.05, 4.69) is 6.92 Å². The normalized spacial score (nSPS) is 19.1. The van der Waals surface area contributed by atoms with Crippen LogP contribution < -0.4 is 0 Å². The molecule has 1 rings (SSSR count). The van der Waals surface area contributed by atoms with Crippen molar-refractivity contribution in [3.8, 4) is 0 Å². The molecule has 1 saturated heterocycles. The van der Waals surface area contributed by atoms with Crippen molar-refractivity contribution in [3.05, 3.63) is 0 Å². The highest BCUT2D eigenvalue weighted by Crippen LogP contribution is 2.37. The second-order valence-electron chi connectivity index (χ2n) is 4.92. The summed E-state index contributed by atoms with van der Waals surface area (Å²) in [5.41, 5.74) is -0.583. The van der Waals surface area contributed by atoms with Gasteiger partial charge in [-0.1, -0.05) is 26.7 Å². The van der Waals surface area contributed by atoms with E-state index in [1.54, 1.807) is 4.90 Å². The van der Waals surface area contributed by atoms with Gasteiger partial charge in [0.15, 0.2) is 0 Å². The van der Waals surface area contributed by atoms with Crippen molar-refractivity contribution in [1.29, 1.82) is 0 Å². The van der Waals surface area contributed by atoms with E-state index in [1.165, 1.54) is 0 Å². The Labute approximate surface area is 103 Å². The predicted octanol–water partition coefficient (Wildman–Crippen LogP) is 2.28. The molecule has 1 fully saturated rings. The molecule has 0 aromatic rings. The number of nitrogens with zero attached hydrogens (tertiary/aromatic N) is 1. The van der Waals surface area contributed by atoms with Crippen LogP contribution in [0, 0.1) is 5.41 Å². The number of carboxylic acid groups (broad SMARTS) is 1. The van der Waals surface area contributed by atoms with E-state index in [9.17, 15) is 14.7 Å². The number of hydrogen-bond acceptors (Lipinski definition) is 2. The molecule has 0 aromatic heterocycles. The van der Waals surface area contributed by atoms with Crippen molar-refractivity contribution in [3.63, 3.8) is 0 Å². The minimum atomic E-state index is -0.686. The van der Waals surface area contributed by atoms with Gasteiger partial charge < -0.3 is 10.0 Å². The average Bonchev–Trinajstić information content (AvgIpc) is 2.35. The van der Waals surface area contributed by atoms with Crippen molar-refractivity contribution in [2.45, 2.75) is 52.4 Å². The number of carboxylic acids is 1. The lowest BCUT2D eigenvalue weighted by Crippen LogP contribution is -2.46. The van der Waals surface area contributed by atoms with Gasteiger partial charge in [0, 0.05) is 19.5 Å². The van der Waals surface area contributed by atoms with E-state index in [0.717, 1.165) is 19.3 Å². The second kappa shape index (κ2) is 6.03. The molecule has 0 radical (unpaired) electrons. The van der Waals surface area contributed by atoms with E-state index >= 15 is 0 Å². The number of carbonyl (C=O) groups is 2. The highest BCUT2D eigenvalue weighted by Gasteiger charge is 2.41. The number of unbranched alkanes of at least 4 members (excludes halogenated alkanes) is 1. The molecular formula is C13H23NO3. The van der Waals surface area contributed by atoms with Crippen LogP contribution in [-0.2, 0) is 9.59 Å². The third-order valence-electron chi connectivity index (χ3n) is 3.84. The van der Waals surface area contributed by atoms with Crippen LogP contribution in [0.2, 0.25) is 0 Å². The van der Waals surface area contributed by atoms with E-state index in [4.69, 9.17) is 0 Å². The summed E-state index contributed by atoms with van der Waals surface area (Å²) in [4.78, 5) is 24.8. The van der Waals surface area contributed by atoms with Gasteiger partial charge in [-0.05, 0) is 19.3 Å². The monoisotopic (exact) mass is 241 g/mol. The highest BCUT2D eigenvalue weighted by molar-refractivity contribution is 5.78. The molecule has 98 valence electrons. The smallest absolute Gasteiger partial charge is 0.309 e. The van der Waals surface area contributed by atoms with Gasteiger partial charge in [0.25, 0.3) is 0 Å². The van der Waals surface area contributed by atoms with Gasteiger partial charge in [0.1, 0.15) is 0 Å². The molecule has 1 aliphatic rings. The molecule has 1 heterocycles. The summed E-state index contributed by atoms with van der Waals surface area (Å²) < 4.78 is 0. The molecule has 0 atom stereocenters. The van der Waals surface area contributed by atoms with Gasteiger partial charge >= 0.3 is 5.97 Å². The van der Waals surface area contributed by atoms with Gasteiger partial charge in [-0.3, -0.25) is 9.59 Å². The summed E-state index contributed by atoms with van der Waals surface area (Å²) in [6.07, 6.45) is 4.44. The summed E-state index contributed by atoms with van der Waals surface area (Å²) in [5.74, 6) is -0.547. The van der Waals surface area contributed by atoms with Crippen LogP contribution in [0.15, 0.2) is 0 Å². The fourth-order valence-electron chi connectivity index (χ4n) is 2.49. The summed E-state index contributed by atoms with van der Waals surface area (Å²) >= 11 is 0. The van der Waals surface area contributed by atoms with Gasteiger partial charge in [0.2, 0.25) is 5.91 Å². The Bertz CT molecular complexity index is 280. The molecule has 17 heavy (non-hydrogen) atoms.